The maximum absolute atomic E-state index is 12.5. The molecule has 0 spiro atoms. The number of nitrogens with two attached hydrogens (primary N) is 1. The number of carbonyl (C=O) groups excluding carboxylic acids is 1. The molecule has 0 unspecified atom stereocenters. The van der Waals surface area contributed by atoms with Gasteiger partial charge in [0.15, 0.2) is 0 Å². The molecule has 5 heteroatoms. The van der Waals surface area contributed by atoms with E-state index in [0.717, 1.165) is 44.3 Å². The van der Waals surface area contributed by atoms with E-state index in [1.165, 1.54) is 36.6 Å². The molecule has 1 aliphatic carbocycles. The number of rotatable bonds is 5. The maximum Gasteiger partial charge on any atom is 0.244 e. The molecule has 4 nitrogen and oxygen atoms in total. The second-order valence-electron chi connectivity index (χ2n) is 7.07. The van der Waals surface area contributed by atoms with Crippen molar-refractivity contribution in [1.82, 2.24) is 4.90 Å². The molecule has 24 heavy (non-hydrogen) atoms. The van der Waals surface area contributed by atoms with Gasteiger partial charge in [0.1, 0.15) is 0 Å². The first-order chi connectivity index (χ1) is 11.7. The Kier molecular flexibility index (Phi) is 6.19. The molecule has 1 heterocycles. The van der Waals surface area contributed by atoms with Gasteiger partial charge in [-0.1, -0.05) is 31.4 Å². The van der Waals surface area contributed by atoms with Crippen LogP contribution < -0.4 is 11.1 Å². The van der Waals surface area contributed by atoms with Crippen LogP contribution in [0.4, 0.5) is 5.69 Å². The van der Waals surface area contributed by atoms with Gasteiger partial charge in [-0.3, -0.25) is 4.79 Å². The van der Waals surface area contributed by atoms with Crippen LogP contribution in [0.5, 0.6) is 0 Å². The summed E-state index contributed by atoms with van der Waals surface area (Å²) in [6, 6.07) is 8.26. The molecule has 1 aromatic carbocycles. The fraction of sp³-hybridized carbons (Fsp3) is 0.632. The predicted octanol–water partition coefficient (Wildman–Crippen LogP) is 2.88. The molecule has 0 atom stereocenters. The van der Waals surface area contributed by atoms with Crippen molar-refractivity contribution in [3.8, 4) is 0 Å². The zero-order valence-electron chi connectivity index (χ0n) is 14.4. The summed E-state index contributed by atoms with van der Waals surface area (Å²) in [6.07, 6.45) is 5.96. The molecule has 3 N–H and O–H groups in total. The van der Waals surface area contributed by atoms with Crippen LogP contribution in [0.25, 0.3) is 0 Å². The maximum atomic E-state index is 12.5. The highest BCUT2D eigenvalue weighted by molar-refractivity contribution is 7.99. The summed E-state index contributed by atoms with van der Waals surface area (Å²) in [7, 11) is 0. The van der Waals surface area contributed by atoms with Gasteiger partial charge in [0.2, 0.25) is 5.91 Å². The Morgan fingerprint density at radius 3 is 2.46 bits per heavy atom. The lowest BCUT2D eigenvalue weighted by Crippen LogP contribution is -2.52. The monoisotopic (exact) mass is 347 g/mol. The molecule has 0 bridgehead atoms. The van der Waals surface area contributed by atoms with E-state index in [9.17, 15) is 4.79 Å². The van der Waals surface area contributed by atoms with Gasteiger partial charge in [0.05, 0.1) is 5.54 Å². The van der Waals surface area contributed by atoms with Crippen LogP contribution in [0.2, 0.25) is 0 Å². The van der Waals surface area contributed by atoms with Crippen molar-refractivity contribution in [2.45, 2.75) is 44.1 Å². The first-order valence-electron chi connectivity index (χ1n) is 9.15. The van der Waals surface area contributed by atoms with Crippen LogP contribution in [0.3, 0.4) is 0 Å². The standard InChI is InChI=1S/C19H29N3OS/c20-19(9-2-1-3-10-19)18(23)21-17-6-4-16(5-7-17)8-11-22-12-14-24-15-13-22/h4-7H,1-3,8-15,20H2,(H,21,23). The molecule has 2 fully saturated rings. The van der Waals surface area contributed by atoms with E-state index in [1.807, 2.05) is 23.9 Å². The number of anilines is 1. The summed E-state index contributed by atoms with van der Waals surface area (Å²) < 4.78 is 0. The van der Waals surface area contributed by atoms with Gasteiger partial charge in [-0.05, 0) is 37.0 Å². The van der Waals surface area contributed by atoms with Crippen LogP contribution in [0.1, 0.15) is 37.7 Å². The van der Waals surface area contributed by atoms with E-state index in [2.05, 4.69) is 22.3 Å². The van der Waals surface area contributed by atoms with E-state index < -0.39 is 5.54 Å². The van der Waals surface area contributed by atoms with Gasteiger partial charge in [0, 0.05) is 36.8 Å². The fourth-order valence-corrected chi connectivity index (χ4v) is 4.51. The van der Waals surface area contributed by atoms with Crippen molar-refractivity contribution in [2.24, 2.45) is 5.73 Å². The molecule has 2 aliphatic rings. The van der Waals surface area contributed by atoms with E-state index >= 15 is 0 Å². The lowest BCUT2D eigenvalue weighted by molar-refractivity contribution is -0.122. The Labute approximate surface area is 149 Å². The highest BCUT2D eigenvalue weighted by Crippen LogP contribution is 2.27. The van der Waals surface area contributed by atoms with Gasteiger partial charge >= 0.3 is 0 Å². The highest BCUT2D eigenvalue weighted by Gasteiger charge is 2.35. The Morgan fingerprint density at radius 2 is 1.79 bits per heavy atom. The average Bonchev–Trinajstić information content (AvgIpc) is 2.62. The summed E-state index contributed by atoms with van der Waals surface area (Å²) >= 11 is 2.05. The highest BCUT2D eigenvalue weighted by atomic mass is 32.2. The lowest BCUT2D eigenvalue weighted by Gasteiger charge is -2.31. The number of benzene rings is 1. The topological polar surface area (TPSA) is 58.4 Å². The number of thioether (sulfide) groups is 1. The average molecular weight is 348 g/mol. The number of nitrogens with zero attached hydrogens (tertiary/aromatic N) is 1. The Hall–Kier alpha value is -1.04. The minimum atomic E-state index is -0.677. The minimum absolute atomic E-state index is 0.0271. The van der Waals surface area contributed by atoms with Crippen molar-refractivity contribution in [2.75, 3.05) is 36.5 Å². The zero-order valence-corrected chi connectivity index (χ0v) is 15.2. The van der Waals surface area contributed by atoms with Gasteiger partial charge in [-0.25, -0.2) is 0 Å². The lowest BCUT2D eigenvalue weighted by atomic mass is 9.82. The Morgan fingerprint density at radius 1 is 1.12 bits per heavy atom. The first-order valence-corrected chi connectivity index (χ1v) is 10.3. The van der Waals surface area contributed by atoms with E-state index in [0.29, 0.717) is 0 Å². The van der Waals surface area contributed by atoms with Crippen LogP contribution in [0.15, 0.2) is 24.3 Å². The molecule has 1 aromatic rings. The van der Waals surface area contributed by atoms with Gasteiger partial charge in [0.25, 0.3) is 0 Å². The number of hydrogen-bond acceptors (Lipinski definition) is 4. The van der Waals surface area contributed by atoms with Crippen molar-refractivity contribution >= 4 is 23.4 Å². The van der Waals surface area contributed by atoms with Crippen LogP contribution >= 0.6 is 11.8 Å². The molecule has 1 saturated carbocycles. The van der Waals surface area contributed by atoms with Crippen LogP contribution in [-0.2, 0) is 11.2 Å². The predicted molar refractivity (Wildman–Crippen MR) is 103 cm³/mol. The molecule has 3 rings (SSSR count). The van der Waals surface area contributed by atoms with Gasteiger partial charge in [-0.2, -0.15) is 11.8 Å². The summed E-state index contributed by atoms with van der Waals surface area (Å²) in [5.41, 5.74) is 7.79. The van der Waals surface area contributed by atoms with Crippen molar-refractivity contribution < 1.29 is 4.79 Å². The SMILES string of the molecule is NC1(C(=O)Nc2ccc(CCN3CCSCC3)cc2)CCCCC1. The van der Waals surface area contributed by atoms with Crippen molar-refractivity contribution in [1.29, 1.82) is 0 Å². The molecule has 1 amide bonds. The third-order valence-corrected chi connectivity index (χ3v) is 6.17. The summed E-state index contributed by atoms with van der Waals surface area (Å²) in [4.78, 5) is 15.0. The molecule has 0 radical (unpaired) electrons. The molecule has 132 valence electrons. The number of carbonyl (C=O) groups is 1. The number of amides is 1. The van der Waals surface area contributed by atoms with E-state index in [1.54, 1.807) is 0 Å². The number of hydrogen-bond donors (Lipinski definition) is 2. The second-order valence-corrected chi connectivity index (χ2v) is 8.30. The Bertz CT molecular complexity index is 534. The Balaban J connectivity index is 1.49. The van der Waals surface area contributed by atoms with Crippen molar-refractivity contribution in [3.05, 3.63) is 29.8 Å². The van der Waals surface area contributed by atoms with E-state index in [4.69, 9.17) is 5.73 Å². The van der Waals surface area contributed by atoms with Crippen LogP contribution in [-0.4, -0.2) is 47.5 Å². The third-order valence-electron chi connectivity index (χ3n) is 5.23. The molecular weight excluding hydrogens is 318 g/mol. The summed E-state index contributed by atoms with van der Waals surface area (Å²) in [6.45, 7) is 3.53. The minimum Gasteiger partial charge on any atom is -0.324 e. The molecule has 1 saturated heterocycles. The molecular formula is C19H29N3OS. The van der Waals surface area contributed by atoms with E-state index in [-0.39, 0.29) is 5.91 Å². The van der Waals surface area contributed by atoms with Crippen LogP contribution in [0, 0.1) is 0 Å². The quantitative estimate of drug-likeness (QED) is 0.860. The number of nitrogens with one attached hydrogen (secondary N) is 1. The molecule has 0 aromatic heterocycles. The first kappa shape index (κ1) is 17.8. The summed E-state index contributed by atoms with van der Waals surface area (Å²) in [5, 5.41) is 3.01. The molecule has 1 aliphatic heterocycles. The third kappa shape index (κ3) is 4.74. The smallest absolute Gasteiger partial charge is 0.244 e. The van der Waals surface area contributed by atoms with Gasteiger partial charge in [-0.15, -0.1) is 0 Å². The zero-order chi connectivity index (χ0) is 16.8. The fourth-order valence-electron chi connectivity index (χ4n) is 3.53. The largest absolute Gasteiger partial charge is 0.324 e. The van der Waals surface area contributed by atoms with Gasteiger partial charge < -0.3 is 16.0 Å². The second kappa shape index (κ2) is 8.37. The van der Waals surface area contributed by atoms with Crippen molar-refractivity contribution in [3.63, 3.8) is 0 Å². The normalized spacial score (nSPS) is 21.4. The summed E-state index contributed by atoms with van der Waals surface area (Å²) in [5.74, 6) is 2.48.